The molecule has 1 aliphatic rings. The van der Waals surface area contributed by atoms with Crippen LogP contribution in [-0.4, -0.2) is 41.0 Å². The monoisotopic (exact) mass is 310 g/mol. The van der Waals surface area contributed by atoms with Crippen molar-refractivity contribution in [2.45, 2.75) is 30.6 Å². The van der Waals surface area contributed by atoms with Gasteiger partial charge >= 0.3 is 0 Å². The quantitative estimate of drug-likeness (QED) is 0.861. The van der Waals surface area contributed by atoms with Crippen molar-refractivity contribution in [1.82, 2.24) is 4.90 Å². The molecule has 2 N–H and O–H groups in total. The van der Waals surface area contributed by atoms with Gasteiger partial charge in [-0.1, -0.05) is 12.8 Å². The standard InChI is InChI=1S/C15H22N2O3S/c1-20-12-6-7-13(16)14(10-12)21(19)11-15(18)17-8-4-2-3-5-9-17/h6-7,10H,2-5,8-9,11,16H2,1H3. The van der Waals surface area contributed by atoms with Crippen LogP contribution in [0.5, 0.6) is 5.75 Å². The van der Waals surface area contributed by atoms with Gasteiger partial charge < -0.3 is 15.4 Å². The summed E-state index contributed by atoms with van der Waals surface area (Å²) in [7, 11) is 0.102. The van der Waals surface area contributed by atoms with E-state index in [9.17, 15) is 9.00 Å². The fourth-order valence-electron chi connectivity index (χ4n) is 2.44. The first kappa shape index (κ1) is 15.8. The number of anilines is 1. The van der Waals surface area contributed by atoms with Gasteiger partial charge in [0.2, 0.25) is 5.91 Å². The van der Waals surface area contributed by atoms with E-state index in [1.165, 1.54) is 0 Å². The normalized spacial score (nSPS) is 17.1. The van der Waals surface area contributed by atoms with E-state index in [1.807, 2.05) is 4.90 Å². The van der Waals surface area contributed by atoms with Crippen LogP contribution >= 0.6 is 0 Å². The van der Waals surface area contributed by atoms with Crippen molar-refractivity contribution in [3.63, 3.8) is 0 Å². The van der Waals surface area contributed by atoms with Gasteiger partial charge in [-0.15, -0.1) is 0 Å². The molecule has 6 heteroatoms. The molecule has 0 aromatic heterocycles. The maximum atomic E-state index is 12.4. The van der Waals surface area contributed by atoms with Gasteiger partial charge in [0.05, 0.1) is 22.8 Å². The number of amides is 1. The topological polar surface area (TPSA) is 72.6 Å². The Hall–Kier alpha value is -1.56. The zero-order valence-corrected chi connectivity index (χ0v) is 13.2. The Labute approximate surface area is 127 Å². The summed E-state index contributed by atoms with van der Waals surface area (Å²) in [5, 5.41) is 0. The van der Waals surface area contributed by atoms with E-state index in [0.29, 0.717) is 16.3 Å². The number of hydrogen-bond donors (Lipinski definition) is 1. The Morgan fingerprint density at radius 1 is 1.29 bits per heavy atom. The van der Waals surface area contributed by atoms with Crippen molar-refractivity contribution in [2.75, 3.05) is 31.7 Å². The number of carbonyl (C=O) groups is 1. The number of nitrogens with zero attached hydrogens (tertiary/aromatic N) is 1. The highest BCUT2D eigenvalue weighted by Crippen LogP contribution is 2.23. The van der Waals surface area contributed by atoms with Gasteiger partial charge in [-0.25, -0.2) is 0 Å². The molecular formula is C15H22N2O3S. The van der Waals surface area contributed by atoms with E-state index < -0.39 is 10.8 Å². The van der Waals surface area contributed by atoms with Gasteiger partial charge in [0, 0.05) is 18.8 Å². The van der Waals surface area contributed by atoms with E-state index in [4.69, 9.17) is 10.5 Å². The lowest BCUT2D eigenvalue weighted by Gasteiger charge is -2.20. The van der Waals surface area contributed by atoms with Crippen LogP contribution in [0.15, 0.2) is 23.1 Å². The Bertz CT molecular complexity index is 526. The first-order valence-corrected chi connectivity index (χ1v) is 8.53. The third-order valence-corrected chi connectivity index (χ3v) is 5.03. The zero-order valence-electron chi connectivity index (χ0n) is 12.3. The first-order chi connectivity index (χ1) is 10.1. The summed E-state index contributed by atoms with van der Waals surface area (Å²) >= 11 is 0. The summed E-state index contributed by atoms with van der Waals surface area (Å²) in [6.07, 6.45) is 4.38. The average molecular weight is 310 g/mol. The van der Waals surface area contributed by atoms with Crippen LogP contribution in [0.2, 0.25) is 0 Å². The van der Waals surface area contributed by atoms with Crippen molar-refractivity contribution in [2.24, 2.45) is 0 Å². The van der Waals surface area contributed by atoms with Gasteiger partial charge in [-0.2, -0.15) is 0 Å². The molecule has 0 radical (unpaired) electrons. The Morgan fingerprint density at radius 2 is 1.95 bits per heavy atom. The summed E-state index contributed by atoms with van der Waals surface area (Å²) in [4.78, 5) is 14.6. The van der Waals surface area contributed by atoms with Crippen molar-refractivity contribution in [3.05, 3.63) is 18.2 Å². The predicted molar refractivity (Wildman–Crippen MR) is 83.7 cm³/mol. The third kappa shape index (κ3) is 4.20. The van der Waals surface area contributed by atoms with Crippen LogP contribution in [-0.2, 0) is 15.6 Å². The summed E-state index contributed by atoms with van der Waals surface area (Å²) in [6.45, 7) is 1.53. The summed E-state index contributed by atoms with van der Waals surface area (Å²) < 4.78 is 17.5. The second-order valence-corrected chi connectivity index (χ2v) is 6.61. The Morgan fingerprint density at radius 3 is 2.57 bits per heavy atom. The molecular weight excluding hydrogens is 288 g/mol. The molecule has 0 spiro atoms. The lowest BCUT2D eigenvalue weighted by Crippen LogP contribution is -2.35. The molecule has 1 heterocycles. The third-order valence-electron chi connectivity index (χ3n) is 3.68. The fourth-order valence-corrected chi connectivity index (χ4v) is 3.58. The molecule has 21 heavy (non-hydrogen) atoms. The number of nitrogen functional groups attached to an aromatic ring is 1. The molecule has 116 valence electrons. The maximum Gasteiger partial charge on any atom is 0.235 e. The van der Waals surface area contributed by atoms with Gasteiger partial charge in [-0.3, -0.25) is 9.00 Å². The van der Waals surface area contributed by atoms with E-state index in [-0.39, 0.29) is 11.7 Å². The molecule has 0 bridgehead atoms. The van der Waals surface area contributed by atoms with Crippen molar-refractivity contribution < 1.29 is 13.7 Å². The van der Waals surface area contributed by atoms with Crippen molar-refractivity contribution in [1.29, 1.82) is 0 Å². The number of likely N-dealkylation sites (tertiary alicyclic amines) is 1. The lowest BCUT2D eigenvalue weighted by atomic mass is 10.2. The van der Waals surface area contributed by atoms with Crippen LogP contribution in [0, 0.1) is 0 Å². The van der Waals surface area contributed by atoms with E-state index in [2.05, 4.69) is 0 Å². The lowest BCUT2D eigenvalue weighted by molar-refractivity contribution is -0.128. The number of methoxy groups -OCH3 is 1. The predicted octanol–water partition coefficient (Wildman–Crippen LogP) is 1.79. The smallest absolute Gasteiger partial charge is 0.235 e. The molecule has 1 aromatic rings. The second-order valence-electron chi connectivity index (χ2n) is 5.19. The average Bonchev–Trinajstić information content (AvgIpc) is 2.76. The number of benzene rings is 1. The van der Waals surface area contributed by atoms with Crippen LogP contribution in [0.4, 0.5) is 5.69 Å². The Balaban J connectivity index is 2.04. The summed E-state index contributed by atoms with van der Waals surface area (Å²) in [5.74, 6) is 0.518. The highest BCUT2D eigenvalue weighted by molar-refractivity contribution is 7.86. The summed E-state index contributed by atoms with van der Waals surface area (Å²) in [5.41, 5.74) is 6.28. The van der Waals surface area contributed by atoms with Gasteiger partial charge in [0.15, 0.2) is 0 Å². The van der Waals surface area contributed by atoms with Crippen LogP contribution in [0.1, 0.15) is 25.7 Å². The molecule has 0 aliphatic carbocycles. The van der Waals surface area contributed by atoms with Crippen molar-refractivity contribution in [3.8, 4) is 5.75 Å². The molecule has 1 aromatic carbocycles. The Kier molecular flexibility index (Phi) is 5.61. The van der Waals surface area contributed by atoms with Crippen LogP contribution < -0.4 is 10.5 Å². The van der Waals surface area contributed by atoms with E-state index in [1.54, 1.807) is 25.3 Å². The highest BCUT2D eigenvalue weighted by atomic mass is 32.2. The first-order valence-electron chi connectivity index (χ1n) is 7.21. The van der Waals surface area contributed by atoms with Gasteiger partial charge in [0.25, 0.3) is 0 Å². The summed E-state index contributed by atoms with van der Waals surface area (Å²) in [6, 6.07) is 5.01. The minimum Gasteiger partial charge on any atom is -0.497 e. The SMILES string of the molecule is COc1ccc(N)c(S(=O)CC(=O)N2CCCCCC2)c1. The highest BCUT2D eigenvalue weighted by Gasteiger charge is 2.20. The zero-order chi connectivity index (χ0) is 15.2. The molecule has 1 unspecified atom stereocenters. The van der Waals surface area contributed by atoms with Gasteiger partial charge in [0.1, 0.15) is 11.5 Å². The maximum absolute atomic E-state index is 12.4. The molecule has 1 aliphatic heterocycles. The second kappa shape index (κ2) is 7.45. The molecule has 1 saturated heterocycles. The van der Waals surface area contributed by atoms with Crippen LogP contribution in [0.3, 0.4) is 0 Å². The molecule has 5 nitrogen and oxygen atoms in total. The number of nitrogens with two attached hydrogens (primary N) is 1. The molecule has 1 atom stereocenters. The van der Waals surface area contributed by atoms with Gasteiger partial charge in [-0.05, 0) is 31.0 Å². The fraction of sp³-hybridized carbons (Fsp3) is 0.533. The largest absolute Gasteiger partial charge is 0.497 e. The number of hydrogen-bond acceptors (Lipinski definition) is 4. The van der Waals surface area contributed by atoms with E-state index in [0.717, 1.165) is 38.8 Å². The minimum absolute atomic E-state index is 0.0165. The minimum atomic E-state index is -1.44. The molecule has 1 amide bonds. The molecule has 2 rings (SSSR count). The van der Waals surface area contributed by atoms with Crippen molar-refractivity contribution >= 4 is 22.4 Å². The molecule has 1 fully saturated rings. The molecule has 0 saturated carbocycles. The van der Waals surface area contributed by atoms with Crippen LogP contribution in [0.25, 0.3) is 0 Å². The number of ether oxygens (including phenoxy) is 1. The number of carbonyl (C=O) groups excluding carboxylic acids is 1. The van der Waals surface area contributed by atoms with E-state index >= 15 is 0 Å². The number of rotatable bonds is 4.